The molecule has 33 heavy (non-hydrogen) atoms. The van der Waals surface area contributed by atoms with Gasteiger partial charge in [0.05, 0.1) is 5.69 Å². The fourth-order valence-electron chi connectivity index (χ4n) is 3.49. The highest BCUT2D eigenvalue weighted by atomic mass is 35.5. The van der Waals surface area contributed by atoms with E-state index in [0.29, 0.717) is 23.5 Å². The molecule has 0 bridgehead atoms. The normalized spacial score (nSPS) is 13.5. The van der Waals surface area contributed by atoms with Crippen LogP contribution in [0.1, 0.15) is 21.5 Å². The molecule has 2 N–H and O–H groups in total. The summed E-state index contributed by atoms with van der Waals surface area (Å²) in [5.41, 5.74) is 3.47. The van der Waals surface area contributed by atoms with Crippen molar-refractivity contribution in [1.82, 2.24) is 5.32 Å². The number of hydrogen-bond donors (Lipinski definition) is 2. The van der Waals surface area contributed by atoms with Crippen molar-refractivity contribution in [3.05, 3.63) is 106 Å². The average molecular weight is 460 g/mol. The molecule has 0 fully saturated rings. The molecule has 3 aromatic rings. The monoisotopic (exact) mass is 459 g/mol. The molecule has 0 spiro atoms. The topological polar surface area (TPSA) is 78.5 Å². The van der Waals surface area contributed by atoms with Crippen LogP contribution in [0, 0.1) is 6.92 Å². The predicted octanol–water partition coefficient (Wildman–Crippen LogP) is 4.40. The SMILES string of the molecule is Cc1ccc(N2C(=O)C(Cl)=C(Nc3cccc(C(=O)NCCc4ccccc4)c3)C2=O)cc1. The number of amides is 3. The Hall–Kier alpha value is -3.90. The number of carbonyl (C=O) groups is 3. The minimum absolute atomic E-state index is 0.0242. The third-order valence-electron chi connectivity index (χ3n) is 5.26. The van der Waals surface area contributed by atoms with E-state index in [9.17, 15) is 14.4 Å². The summed E-state index contributed by atoms with van der Waals surface area (Å²) in [6.07, 6.45) is 0.721. The maximum atomic E-state index is 12.9. The Balaban J connectivity index is 1.44. The zero-order valence-electron chi connectivity index (χ0n) is 18.0. The fraction of sp³-hybridized carbons (Fsp3) is 0.115. The molecule has 1 aliphatic rings. The molecule has 0 saturated heterocycles. The first-order valence-electron chi connectivity index (χ1n) is 10.5. The maximum absolute atomic E-state index is 12.9. The highest BCUT2D eigenvalue weighted by molar-refractivity contribution is 6.53. The molecule has 0 atom stereocenters. The van der Waals surface area contributed by atoms with E-state index >= 15 is 0 Å². The third-order valence-corrected chi connectivity index (χ3v) is 5.61. The van der Waals surface area contributed by atoms with Gasteiger partial charge in [0.15, 0.2) is 0 Å². The quantitative estimate of drug-likeness (QED) is 0.513. The summed E-state index contributed by atoms with van der Waals surface area (Å²) in [5.74, 6) is -1.38. The minimum Gasteiger partial charge on any atom is -0.352 e. The van der Waals surface area contributed by atoms with Crippen LogP contribution in [-0.2, 0) is 16.0 Å². The van der Waals surface area contributed by atoms with Gasteiger partial charge in [-0.1, -0.05) is 65.7 Å². The fourth-order valence-corrected chi connectivity index (χ4v) is 3.70. The number of imide groups is 1. The molecule has 0 aromatic heterocycles. The number of rotatable bonds is 7. The van der Waals surface area contributed by atoms with Crippen LogP contribution in [0.2, 0.25) is 0 Å². The molecule has 0 radical (unpaired) electrons. The van der Waals surface area contributed by atoms with Gasteiger partial charge in [0.25, 0.3) is 17.7 Å². The predicted molar refractivity (Wildman–Crippen MR) is 129 cm³/mol. The minimum atomic E-state index is -0.595. The summed E-state index contributed by atoms with van der Waals surface area (Å²) in [6.45, 7) is 2.41. The summed E-state index contributed by atoms with van der Waals surface area (Å²) in [7, 11) is 0. The number of anilines is 2. The molecule has 0 unspecified atom stereocenters. The Morgan fingerprint density at radius 1 is 0.909 bits per heavy atom. The first-order chi connectivity index (χ1) is 15.9. The Morgan fingerprint density at radius 2 is 1.64 bits per heavy atom. The number of aryl methyl sites for hydroxylation is 1. The molecular weight excluding hydrogens is 438 g/mol. The third kappa shape index (κ3) is 4.96. The van der Waals surface area contributed by atoms with E-state index in [4.69, 9.17) is 11.6 Å². The Labute approximate surface area is 196 Å². The van der Waals surface area contributed by atoms with Crippen LogP contribution in [0.3, 0.4) is 0 Å². The molecular formula is C26H22ClN3O3. The number of hydrogen-bond acceptors (Lipinski definition) is 4. The van der Waals surface area contributed by atoms with E-state index in [1.165, 1.54) is 0 Å². The van der Waals surface area contributed by atoms with Crippen LogP contribution in [0.25, 0.3) is 0 Å². The van der Waals surface area contributed by atoms with Crippen molar-refractivity contribution < 1.29 is 14.4 Å². The van der Waals surface area contributed by atoms with E-state index in [1.807, 2.05) is 49.4 Å². The van der Waals surface area contributed by atoms with Gasteiger partial charge in [-0.05, 0) is 49.2 Å². The number of nitrogens with zero attached hydrogens (tertiary/aromatic N) is 1. The lowest BCUT2D eigenvalue weighted by Crippen LogP contribution is -2.32. The van der Waals surface area contributed by atoms with Crippen LogP contribution < -0.4 is 15.5 Å². The van der Waals surface area contributed by atoms with Crippen molar-refractivity contribution in [2.24, 2.45) is 0 Å². The lowest BCUT2D eigenvalue weighted by atomic mass is 10.1. The van der Waals surface area contributed by atoms with E-state index in [2.05, 4.69) is 10.6 Å². The van der Waals surface area contributed by atoms with Crippen molar-refractivity contribution in [1.29, 1.82) is 0 Å². The molecule has 3 amide bonds. The van der Waals surface area contributed by atoms with E-state index in [1.54, 1.807) is 36.4 Å². The van der Waals surface area contributed by atoms with Crippen LogP contribution in [0.15, 0.2) is 89.6 Å². The second-order valence-electron chi connectivity index (χ2n) is 7.67. The number of nitrogens with one attached hydrogen (secondary N) is 2. The lowest BCUT2D eigenvalue weighted by molar-refractivity contribution is -0.120. The zero-order valence-corrected chi connectivity index (χ0v) is 18.7. The summed E-state index contributed by atoms with van der Waals surface area (Å²) < 4.78 is 0. The Bertz CT molecular complexity index is 1240. The van der Waals surface area contributed by atoms with Gasteiger partial charge in [-0.2, -0.15) is 0 Å². The maximum Gasteiger partial charge on any atom is 0.283 e. The van der Waals surface area contributed by atoms with Gasteiger partial charge in [-0.3, -0.25) is 14.4 Å². The zero-order chi connectivity index (χ0) is 23.4. The highest BCUT2D eigenvalue weighted by Gasteiger charge is 2.38. The molecule has 6 nitrogen and oxygen atoms in total. The molecule has 0 aliphatic carbocycles. The Morgan fingerprint density at radius 3 is 2.36 bits per heavy atom. The molecule has 1 heterocycles. The summed E-state index contributed by atoms with van der Waals surface area (Å²) in [6, 6.07) is 23.6. The van der Waals surface area contributed by atoms with Gasteiger partial charge in [-0.15, -0.1) is 0 Å². The van der Waals surface area contributed by atoms with Gasteiger partial charge in [0, 0.05) is 17.8 Å². The number of carbonyl (C=O) groups excluding carboxylic acids is 3. The molecule has 1 aliphatic heterocycles. The van der Waals surface area contributed by atoms with Gasteiger partial charge in [0.1, 0.15) is 10.7 Å². The van der Waals surface area contributed by atoms with Crippen LogP contribution in [-0.4, -0.2) is 24.3 Å². The van der Waals surface area contributed by atoms with Crippen molar-refractivity contribution in [2.75, 3.05) is 16.8 Å². The van der Waals surface area contributed by atoms with Gasteiger partial charge < -0.3 is 10.6 Å². The van der Waals surface area contributed by atoms with Crippen molar-refractivity contribution >= 4 is 40.7 Å². The molecule has 0 saturated carbocycles. The van der Waals surface area contributed by atoms with Gasteiger partial charge in [0.2, 0.25) is 0 Å². The highest BCUT2D eigenvalue weighted by Crippen LogP contribution is 2.30. The second kappa shape index (κ2) is 9.71. The van der Waals surface area contributed by atoms with Gasteiger partial charge in [-0.25, -0.2) is 4.90 Å². The van der Waals surface area contributed by atoms with Crippen molar-refractivity contribution in [3.63, 3.8) is 0 Å². The van der Waals surface area contributed by atoms with Crippen LogP contribution in [0.4, 0.5) is 11.4 Å². The Kier molecular flexibility index (Phi) is 6.56. The number of halogens is 1. The lowest BCUT2D eigenvalue weighted by Gasteiger charge is -2.15. The van der Waals surface area contributed by atoms with Gasteiger partial charge >= 0.3 is 0 Å². The molecule has 7 heteroatoms. The molecule has 3 aromatic carbocycles. The standard InChI is InChI=1S/C26H22ClN3O3/c1-17-10-12-21(13-11-17)30-25(32)22(27)23(26(30)33)29-20-9-5-8-19(16-20)24(31)28-15-14-18-6-3-2-4-7-18/h2-13,16,29H,14-15H2,1H3,(H,28,31). The second-order valence-corrected chi connectivity index (χ2v) is 8.05. The smallest absolute Gasteiger partial charge is 0.283 e. The first-order valence-corrected chi connectivity index (χ1v) is 10.9. The molecule has 166 valence electrons. The van der Waals surface area contributed by atoms with E-state index in [0.717, 1.165) is 22.4 Å². The summed E-state index contributed by atoms with van der Waals surface area (Å²) in [5, 5.41) is 5.61. The largest absolute Gasteiger partial charge is 0.352 e. The summed E-state index contributed by atoms with van der Waals surface area (Å²) >= 11 is 6.20. The van der Waals surface area contributed by atoms with Crippen molar-refractivity contribution in [3.8, 4) is 0 Å². The number of benzene rings is 3. The average Bonchev–Trinajstić information content (AvgIpc) is 3.03. The molecule has 4 rings (SSSR count). The van der Waals surface area contributed by atoms with E-state index < -0.39 is 11.8 Å². The first kappa shape index (κ1) is 22.3. The van der Waals surface area contributed by atoms with Crippen LogP contribution in [0.5, 0.6) is 0 Å². The van der Waals surface area contributed by atoms with E-state index in [-0.39, 0.29) is 16.6 Å². The van der Waals surface area contributed by atoms with Crippen molar-refractivity contribution in [2.45, 2.75) is 13.3 Å². The summed E-state index contributed by atoms with van der Waals surface area (Å²) in [4.78, 5) is 39.2. The van der Waals surface area contributed by atoms with Crippen LogP contribution >= 0.6 is 11.6 Å².